The summed E-state index contributed by atoms with van der Waals surface area (Å²) in [6, 6.07) is 0.427. The Morgan fingerprint density at radius 3 is 2.19 bits per heavy atom. The van der Waals surface area contributed by atoms with Crippen LogP contribution in [0.4, 0.5) is 17.8 Å². The third-order valence-electron chi connectivity index (χ3n) is 3.58. The molecule has 0 fully saturated rings. The second kappa shape index (κ2) is 8.92. The summed E-state index contributed by atoms with van der Waals surface area (Å²) in [7, 11) is 3.90. The highest BCUT2D eigenvalue weighted by atomic mass is 32.2. The van der Waals surface area contributed by atoms with Gasteiger partial charge in [0.1, 0.15) is 0 Å². The van der Waals surface area contributed by atoms with Crippen LogP contribution in [0.3, 0.4) is 0 Å². The quantitative estimate of drug-likeness (QED) is 0.751. The lowest BCUT2D eigenvalue weighted by atomic mass is 10.2. The Balaban J connectivity index is 3.13. The average Bonchev–Trinajstić information content (AvgIpc) is 2.52. The van der Waals surface area contributed by atoms with E-state index in [2.05, 4.69) is 64.1 Å². The molecule has 1 aromatic rings. The van der Waals surface area contributed by atoms with Crippen molar-refractivity contribution < 1.29 is 0 Å². The summed E-state index contributed by atoms with van der Waals surface area (Å²) in [6.07, 6.45) is 3.20. The maximum absolute atomic E-state index is 4.65. The molecule has 1 atom stereocenters. The molecule has 1 rings (SSSR count). The van der Waals surface area contributed by atoms with E-state index in [-0.39, 0.29) is 0 Å². The molecule has 0 amide bonds. The summed E-state index contributed by atoms with van der Waals surface area (Å²) < 4.78 is 0. The van der Waals surface area contributed by atoms with Crippen molar-refractivity contribution >= 4 is 29.6 Å². The van der Waals surface area contributed by atoms with Crippen molar-refractivity contribution in [3.63, 3.8) is 0 Å². The lowest BCUT2D eigenvalue weighted by Crippen LogP contribution is -2.35. The number of hydrogen-bond acceptors (Lipinski definition) is 7. The molecule has 0 aliphatic carbocycles. The second-order valence-electron chi connectivity index (χ2n) is 4.81. The van der Waals surface area contributed by atoms with Crippen molar-refractivity contribution in [2.24, 2.45) is 0 Å². The molecule has 0 aromatic carbocycles. The van der Waals surface area contributed by atoms with Gasteiger partial charge in [0.25, 0.3) is 0 Å². The van der Waals surface area contributed by atoms with Crippen LogP contribution < -0.4 is 15.1 Å². The van der Waals surface area contributed by atoms with E-state index >= 15 is 0 Å². The number of nitrogens with one attached hydrogen (secondary N) is 1. The third-order valence-corrected chi connectivity index (χ3v) is 4.29. The third kappa shape index (κ3) is 4.62. The van der Waals surface area contributed by atoms with Gasteiger partial charge in [0.2, 0.25) is 17.8 Å². The first kappa shape index (κ1) is 17.8. The van der Waals surface area contributed by atoms with E-state index in [0.717, 1.165) is 37.2 Å². The summed E-state index contributed by atoms with van der Waals surface area (Å²) in [5, 5.41) is 3.03. The van der Waals surface area contributed by atoms with Gasteiger partial charge < -0.3 is 15.1 Å². The molecule has 1 unspecified atom stereocenters. The summed E-state index contributed by atoms with van der Waals surface area (Å²) in [5.74, 6) is 3.15. The maximum atomic E-state index is 4.65. The minimum absolute atomic E-state index is 0.427. The van der Waals surface area contributed by atoms with Crippen LogP contribution in [0.2, 0.25) is 0 Å². The smallest absolute Gasteiger partial charge is 0.231 e. The first-order chi connectivity index (χ1) is 10.1. The molecule has 0 spiro atoms. The van der Waals surface area contributed by atoms with Crippen LogP contribution in [-0.4, -0.2) is 60.2 Å². The van der Waals surface area contributed by atoms with E-state index in [1.54, 1.807) is 0 Å². The van der Waals surface area contributed by atoms with Crippen LogP contribution in [0.5, 0.6) is 0 Å². The number of anilines is 3. The van der Waals surface area contributed by atoms with E-state index in [1.165, 1.54) is 0 Å². The van der Waals surface area contributed by atoms with Crippen LogP contribution in [-0.2, 0) is 0 Å². The molecule has 120 valence electrons. The lowest BCUT2D eigenvalue weighted by Gasteiger charge is -2.28. The molecule has 0 bridgehead atoms. The van der Waals surface area contributed by atoms with E-state index < -0.39 is 0 Å². The Kier molecular flexibility index (Phi) is 7.56. The van der Waals surface area contributed by atoms with E-state index in [9.17, 15) is 0 Å². The Labute approximate surface area is 132 Å². The van der Waals surface area contributed by atoms with Crippen LogP contribution in [0.15, 0.2) is 0 Å². The van der Waals surface area contributed by atoms with Crippen LogP contribution in [0.1, 0.15) is 27.2 Å². The van der Waals surface area contributed by atoms with Crippen LogP contribution in [0, 0.1) is 0 Å². The predicted octanol–water partition coefficient (Wildman–Crippen LogP) is 2.34. The Hall–Kier alpha value is -1.24. The highest BCUT2D eigenvalue weighted by Crippen LogP contribution is 2.19. The van der Waals surface area contributed by atoms with Crippen molar-refractivity contribution in [1.82, 2.24) is 15.0 Å². The fourth-order valence-electron chi connectivity index (χ4n) is 2.13. The minimum atomic E-state index is 0.427. The summed E-state index contributed by atoms with van der Waals surface area (Å²) in [6.45, 7) is 8.18. The zero-order valence-corrected chi connectivity index (χ0v) is 14.9. The highest BCUT2D eigenvalue weighted by molar-refractivity contribution is 7.98. The number of aromatic nitrogens is 3. The summed E-state index contributed by atoms with van der Waals surface area (Å²) in [4.78, 5) is 17.9. The topological polar surface area (TPSA) is 57.2 Å². The zero-order valence-electron chi connectivity index (χ0n) is 14.1. The standard InChI is InChI=1S/C14H28N6S/c1-7-11(10-21-6)19(5)13-16-12(15-4)17-14(18-13)20(8-2)9-3/h11H,7-10H2,1-6H3,(H,15,16,17,18). The number of nitrogens with zero attached hydrogens (tertiary/aromatic N) is 5. The summed E-state index contributed by atoms with van der Waals surface area (Å²) in [5.41, 5.74) is 0. The average molecular weight is 312 g/mol. The monoisotopic (exact) mass is 312 g/mol. The van der Waals surface area contributed by atoms with E-state index in [1.807, 2.05) is 18.8 Å². The first-order valence-corrected chi connectivity index (χ1v) is 8.91. The van der Waals surface area contributed by atoms with Gasteiger partial charge in [-0.25, -0.2) is 0 Å². The number of rotatable bonds is 9. The summed E-state index contributed by atoms with van der Waals surface area (Å²) >= 11 is 1.85. The highest BCUT2D eigenvalue weighted by Gasteiger charge is 2.18. The fraction of sp³-hybridized carbons (Fsp3) is 0.786. The van der Waals surface area contributed by atoms with Gasteiger partial charge in [0.05, 0.1) is 0 Å². The maximum Gasteiger partial charge on any atom is 0.231 e. The molecule has 0 aliphatic heterocycles. The first-order valence-electron chi connectivity index (χ1n) is 7.51. The molecule has 7 heteroatoms. The molecule has 0 aliphatic rings. The van der Waals surface area contributed by atoms with Gasteiger partial charge in [-0.1, -0.05) is 6.92 Å². The normalized spacial score (nSPS) is 12.1. The molecule has 21 heavy (non-hydrogen) atoms. The van der Waals surface area contributed by atoms with E-state index in [0.29, 0.717) is 12.0 Å². The van der Waals surface area contributed by atoms with Gasteiger partial charge in [-0.3, -0.25) is 0 Å². The molecular formula is C14H28N6S. The number of hydrogen-bond donors (Lipinski definition) is 1. The van der Waals surface area contributed by atoms with Gasteiger partial charge in [-0.15, -0.1) is 0 Å². The largest absolute Gasteiger partial charge is 0.357 e. The minimum Gasteiger partial charge on any atom is -0.357 e. The van der Waals surface area contributed by atoms with Crippen molar-refractivity contribution in [3.05, 3.63) is 0 Å². The van der Waals surface area contributed by atoms with Gasteiger partial charge in [-0.05, 0) is 26.5 Å². The molecule has 1 N–H and O–H groups in total. The molecule has 1 heterocycles. The number of thioether (sulfide) groups is 1. The zero-order chi connectivity index (χ0) is 15.8. The lowest BCUT2D eigenvalue weighted by molar-refractivity contribution is 0.654. The predicted molar refractivity (Wildman–Crippen MR) is 93.8 cm³/mol. The molecule has 6 nitrogen and oxygen atoms in total. The Bertz CT molecular complexity index is 424. The van der Waals surface area contributed by atoms with Crippen molar-refractivity contribution in [2.45, 2.75) is 33.2 Å². The SMILES string of the molecule is CCC(CSC)N(C)c1nc(NC)nc(N(CC)CC)n1. The van der Waals surface area contributed by atoms with Crippen molar-refractivity contribution in [2.75, 3.05) is 54.3 Å². The van der Waals surface area contributed by atoms with Crippen LogP contribution in [0.25, 0.3) is 0 Å². The Morgan fingerprint density at radius 1 is 1.10 bits per heavy atom. The van der Waals surface area contributed by atoms with Gasteiger partial charge in [-0.2, -0.15) is 26.7 Å². The van der Waals surface area contributed by atoms with Gasteiger partial charge >= 0.3 is 0 Å². The molecule has 1 aromatic heterocycles. The molecule has 0 radical (unpaired) electrons. The van der Waals surface area contributed by atoms with Gasteiger partial charge in [0.15, 0.2) is 0 Å². The Morgan fingerprint density at radius 2 is 1.71 bits per heavy atom. The molecule has 0 saturated heterocycles. The van der Waals surface area contributed by atoms with Crippen molar-refractivity contribution in [3.8, 4) is 0 Å². The molecular weight excluding hydrogens is 284 g/mol. The van der Waals surface area contributed by atoms with E-state index in [4.69, 9.17) is 0 Å². The molecule has 0 saturated carbocycles. The van der Waals surface area contributed by atoms with Gasteiger partial charge in [0, 0.05) is 39.0 Å². The van der Waals surface area contributed by atoms with Crippen LogP contribution >= 0.6 is 11.8 Å². The van der Waals surface area contributed by atoms with Crippen molar-refractivity contribution in [1.29, 1.82) is 0 Å². The second-order valence-corrected chi connectivity index (χ2v) is 5.72. The fourth-order valence-corrected chi connectivity index (χ4v) is 2.97.